The minimum atomic E-state index is -0.863. The molecule has 1 atom stereocenters. The fourth-order valence-corrected chi connectivity index (χ4v) is 4.40. The first kappa shape index (κ1) is 22.8. The monoisotopic (exact) mass is 491 g/mol. The van der Waals surface area contributed by atoms with Gasteiger partial charge in [-0.25, -0.2) is 0 Å². The molecule has 0 radical (unpaired) electrons. The summed E-state index contributed by atoms with van der Waals surface area (Å²) in [7, 11) is 0. The van der Waals surface area contributed by atoms with Gasteiger partial charge in [-0.2, -0.15) is 0 Å². The Morgan fingerprint density at radius 2 is 1.69 bits per heavy atom. The number of rotatable bonds is 5. The molecule has 5 rings (SSSR count). The van der Waals surface area contributed by atoms with Crippen molar-refractivity contribution in [2.75, 3.05) is 24.7 Å². The molecule has 1 fully saturated rings. The number of amides is 1. The summed E-state index contributed by atoms with van der Waals surface area (Å²) in [5.41, 5.74) is 1.44. The van der Waals surface area contributed by atoms with Crippen molar-refractivity contribution in [3.63, 3.8) is 0 Å². The van der Waals surface area contributed by atoms with Gasteiger partial charge in [0.1, 0.15) is 24.7 Å². The first-order valence-corrected chi connectivity index (χ1v) is 11.5. The van der Waals surface area contributed by atoms with Crippen molar-refractivity contribution in [3.05, 3.63) is 88.5 Å². The third kappa shape index (κ3) is 4.19. The van der Waals surface area contributed by atoms with Crippen LogP contribution in [0, 0.1) is 0 Å². The van der Waals surface area contributed by atoms with E-state index in [1.807, 2.05) is 6.92 Å². The van der Waals surface area contributed by atoms with Crippen molar-refractivity contribution < 1.29 is 28.9 Å². The van der Waals surface area contributed by atoms with Gasteiger partial charge in [-0.05, 0) is 67.1 Å². The van der Waals surface area contributed by atoms with Crippen LogP contribution in [-0.4, -0.2) is 36.6 Å². The number of Topliss-reactive ketones (excluding diaryl/α,β-unsaturated/α-hetero) is 1. The summed E-state index contributed by atoms with van der Waals surface area (Å²) in [6.07, 6.45) is 0. The summed E-state index contributed by atoms with van der Waals surface area (Å²) >= 11 is 6.09. The van der Waals surface area contributed by atoms with Crippen LogP contribution in [0.25, 0.3) is 5.76 Å². The second kappa shape index (κ2) is 9.35. The number of carbonyl (C=O) groups is 2. The van der Waals surface area contributed by atoms with E-state index in [0.29, 0.717) is 58.9 Å². The number of fused-ring (bicyclic) bond motifs is 1. The number of halogens is 1. The Kier molecular flexibility index (Phi) is 6.09. The Balaban J connectivity index is 1.65. The van der Waals surface area contributed by atoms with Crippen LogP contribution < -0.4 is 19.1 Å². The Hall–Kier alpha value is -3.97. The number of ketones is 1. The van der Waals surface area contributed by atoms with E-state index in [1.54, 1.807) is 66.7 Å². The van der Waals surface area contributed by atoms with Gasteiger partial charge in [-0.3, -0.25) is 14.5 Å². The second-order valence-electron chi connectivity index (χ2n) is 8.01. The molecule has 1 unspecified atom stereocenters. The van der Waals surface area contributed by atoms with Crippen molar-refractivity contribution in [2.45, 2.75) is 13.0 Å². The summed E-state index contributed by atoms with van der Waals surface area (Å²) in [4.78, 5) is 28.0. The highest BCUT2D eigenvalue weighted by Crippen LogP contribution is 2.43. The first-order chi connectivity index (χ1) is 17.0. The van der Waals surface area contributed by atoms with Crippen LogP contribution in [0.5, 0.6) is 17.2 Å². The Morgan fingerprint density at radius 1 is 1.00 bits per heavy atom. The predicted octanol–water partition coefficient (Wildman–Crippen LogP) is 5.14. The van der Waals surface area contributed by atoms with E-state index in [4.69, 9.17) is 25.8 Å². The second-order valence-corrected chi connectivity index (χ2v) is 8.44. The number of hydrogen-bond acceptors (Lipinski definition) is 6. The molecule has 2 aliphatic rings. The molecule has 1 amide bonds. The number of aliphatic hydroxyl groups is 1. The van der Waals surface area contributed by atoms with E-state index in [2.05, 4.69) is 0 Å². The van der Waals surface area contributed by atoms with Crippen molar-refractivity contribution >= 4 is 34.7 Å². The van der Waals surface area contributed by atoms with Gasteiger partial charge in [0, 0.05) is 16.3 Å². The lowest BCUT2D eigenvalue weighted by Gasteiger charge is -2.26. The maximum absolute atomic E-state index is 13.3. The van der Waals surface area contributed by atoms with Crippen molar-refractivity contribution in [1.29, 1.82) is 0 Å². The largest absolute Gasteiger partial charge is 0.507 e. The molecule has 1 saturated heterocycles. The van der Waals surface area contributed by atoms with E-state index < -0.39 is 17.7 Å². The van der Waals surface area contributed by atoms with Crippen LogP contribution in [0.2, 0.25) is 5.02 Å². The van der Waals surface area contributed by atoms with Gasteiger partial charge < -0.3 is 19.3 Å². The molecule has 0 saturated carbocycles. The quantitative estimate of drug-likeness (QED) is 0.302. The molecule has 7 nitrogen and oxygen atoms in total. The van der Waals surface area contributed by atoms with Gasteiger partial charge >= 0.3 is 0 Å². The number of aliphatic hydroxyl groups excluding tert-OH is 1. The van der Waals surface area contributed by atoms with Crippen LogP contribution in [0.3, 0.4) is 0 Å². The van der Waals surface area contributed by atoms with E-state index >= 15 is 0 Å². The number of carbonyl (C=O) groups excluding carboxylic acids is 2. The normalized spacial score (nSPS) is 18.6. The first-order valence-electron chi connectivity index (χ1n) is 11.2. The highest BCUT2D eigenvalue weighted by molar-refractivity contribution is 6.51. The lowest BCUT2D eigenvalue weighted by atomic mass is 9.95. The predicted molar refractivity (Wildman–Crippen MR) is 131 cm³/mol. The summed E-state index contributed by atoms with van der Waals surface area (Å²) in [6, 6.07) is 17.8. The van der Waals surface area contributed by atoms with E-state index in [0.717, 1.165) is 0 Å². The molecular formula is C27H22ClNO6. The topological polar surface area (TPSA) is 85.3 Å². The molecule has 0 aromatic heterocycles. The highest BCUT2D eigenvalue weighted by Gasteiger charge is 2.47. The van der Waals surface area contributed by atoms with Crippen LogP contribution in [-0.2, 0) is 9.59 Å². The van der Waals surface area contributed by atoms with E-state index in [9.17, 15) is 14.7 Å². The molecule has 0 spiro atoms. The molecule has 3 aromatic carbocycles. The fourth-order valence-electron chi connectivity index (χ4n) is 4.28. The number of hydrogen-bond donors (Lipinski definition) is 1. The van der Waals surface area contributed by atoms with Crippen molar-refractivity contribution in [2.24, 2.45) is 0 Å². The van der Waals surface area contributed by atoms with Crippen LogP contribution in [0.4, 0.5) is 5.69 Å². The van der Waals surface area contributed by atoms with Crippen LogP contribution >= 0.6 is 11.6 Å². The van der Waals surface area contributed by atoms with Gasteiger partial charge in [-0.15, -0.1) is 0 Å². The van der Waals surface area contributed by atoms with Crippen LogP contribution in [0.1, 0.15) is 24.1 Å². The minimum Gasteiger partial charge on any atom is -0.507 e. The lowest BCUT2D eigenvalue weighted by Crippen LogP contribution is -2.29. The number of anilines is 1. The van der Waals surface area contributed by atoms with Crippen molar-refractivity contribution in [3.8, 4) is 17.2 Å². The average molecular weight is 492 g/mol. The Morgan fingerprint density at radius 3 is 2.37 bits per heavy atom. The maximum atomic E-state index is 13.3. The molecule has 2 heterocycles. The zero-order valence-electron chi connectivity index (χ0n) is 18.9. The maximum Gasteiger partial charge on any atom is 0.300 e. The van der Waals surface area contributed by atoms with E-state index in [-0.39, 0.29) is 11.3 Å². The molecule has 0 bridgehead atoms. The van der Waals surface area contributed by atoms with Gasteiger partial charge in [0.05, 0.1) is 18.2 Å². The lowest BCUT2D eigenvalue weighted by molar-refractivity contribution is -0.132. The molecule has 35 heavy (non-hydrogen) atoms. The molecule has 3 aromatic rings. The summed E-state index contributed by atoms with van der Waals surface area (Å²) in [5.74, 6) is -0.165. The van der Waals surface area contributed by atoms with Gasteiger partial charge in [0.2, 0.25) is 0 Å². The molecule has 0 aliphatic carbocycles. The number of nitrogens with zero attached hydrogens (tertiary/aromatic N) is 1. The molecule has 8 heteroatoms. The molecule has 2 aliphatic heterocycles. The van der Waals surface area contributed by atoms with Gasteiger partial charge in [0.25, 0.3) is 11.7 Å². The molecule has 1 N–H and O–H groups in total. The smallest absolute Gasteiger partial charge is 0.300 e. The van der Waals surface area contributed by atoms with E-state index in [1.165, 1.54) is 4.90 Å². The zero-order valence-corrected chi connectivity index (χ0v) is 19.6. The van der Waals surface area contributed by atoms with Gasteiger partial charge in [0.15, 0.2) is 11.5 Å². The minimum absolute atomic E-state index is 0.0251. The number of ether oxygens (including phenoxy) is 3. The standard InChI is InChI=1S/C27H22ClNO6/c1-2-33-20-10-8-19(9-11-20)29-24(16-3-6-18(28)7-4-16)23(26(31)27(29)32)25(30)17-5-12-21-22(15-17)35-14-13-34-21/h3-12,15,24,30H,2,13-14H2,1H3/b25-23-. The highest BCUT2D eigenvalue weighted by atomic mass is 35.5. The summed E-state index contributed by atoms with van der Waals surface area (Å²) in [6.45, 7) is 3.20. The third-order valence-corrected chi connectivity index (χ3v) is 6.12. The van der Waals surface area contributed by atoms with Gasteiger partial charge in [-0.1, -0.05) is 23.7 Å². The van der Waals surface area contributed by atoms with Crippen LogP contribution in [0.15, 0.2) is 72.3 Å². The SMILES string of the molecule is CCOc1ccc(N2C(=O)C(=O)/C(=C(\O)c3ccc4c(c3)OCCO4)C2c2ccc(Cl)cc2)cc1. The average Bonchev–Trinajstić information content (AvgIpc) is 3.14. The summed E-state index contributed by atoms with van der Waals surface area (Å²) in [5, 5.41) is 11.8. The third-order valence-electron chi connectivity index (χ3n) is 5.87. The Labute approximate surface area is 207 Å². The fraction of sp³-hybridized carbons (Fsp3) is 0.185. The number of benzene rings is 3. The molecular weight excluding hydrogens is 470 g/mol. The van der Waals surface area contributed by atoms with Crippen molar-refractivity contribution in [1.82, 2.24) is 0 Å². The Bertz CT molecular complexity index is 1320. The zero-order chi connectivity index (χ0) is 24.5. The summed E-state index contributed by atoms with van der Waals surface area (Å²) < 4.78 is 16.7. The molecule has 178 valence electrons.